The van der Waals surface area contributed by atoms with Gasteiger partial charge in [-0.3, -0.25) is 24.6 Å². The van der Waals surface area contributed by atoms with Gasteiger partial charge in [-0.25, -0.2) is 0 Å². The number of halogens is 1. The number of ether oxygens (including phenoxy) is 1. The molecule has 2 N–H and O–H groups in total. The van der Waals surface area contributed by atoms with Crippen molar-refractivity contribution in [3.05, 3.63) is 28.3 Å². The number of aliphatic carboxylic acids is 1. The van der Waals surface area contributed by atoms with Gasteiger partial charge >= 0.3 is 5.97 Å². The molecule has 1 saturated heterocycles. The van der Waals surface area contributed by atoms with Gasteiger partial charge in [-0.15, -0.1) is 12.4 Å². The van der Waals surface area contributed by atoms with E-state index in [1.54, 1.807) is 11.8 Å². The molecule has 1 aliphatic heterocycles. The summed E-state index contributed by atoms with van der Waals surface area (Å²) in [5.41, 5.74) is 0.0491. The van der Waals surface area contributed by atoms with E-state index >= 15 is 0 Å². The predicted molar refractivity (Wildman–Crippen MR) is 96.9 cm³/mol. The van der Waals surface area contributed by atoms with Gasteiger partial charge in [0.2, 0.25) is 5.91 Å². The number of piperidine rings is 1. The number of nitrogens with zero attached hydrogens (tertiary/aromatic N) is 2. The van der Waals surface area contributed by atoms with E-state index in [-0.39, 0.29) is 29.7 Å². The summed E-state index contributed by atoms with van der Waals surface area (Å²) in [7, 11) is 1.41. The SMILES string of the molecule is COc1ccc([N+](=O)[O-])cc1NC(=O)C(C)N1CCCC(C(=O)O)C1.Cl. The molecule has 26 heavy (non-hydrogen) atoms. The third-order valence-corrected chi connectivity index (χ3v) is 4.38. The van der Waals surface area contributed by atoms with Crippen LogP contribution in [0, 0.1) is 16.0 Å². The number of non-ortho nitro benzene ring substituents is 1. The number of carbonyl (C=O) groups excluding carboxylic acids is 1. The zero-order chi connectivity index (χ0) is 18.6. The van der Waals surface area contributed by atoms with Crippen LogP contribution in [0.4, 0.5) is 11.4 Å². The van der Waals surface area contributed by atoms with E-state index in [9.17, 15) is 19.7 Å². The van der Waals surface area contributed by atoms with Gasteiger partial charge in [0.1, 0.15) is 5.75 Å². The van der Waals surface area contributed by atoms with E-state index in [1.165, 1.54) is 25.3 Å². The zero-order valence-electron chi connectivity index (χ0n) is 14.5. The Morgan fingerprint density at radius 1 is 1.46 bits per heavy atom. The van der Waals surface area contributed by atoms with Crippen LogP contribution in [0.2, 0.25) is 0 Å². The molecule has 0 aliphatic carbocycles. The molecule has 0 radical (unpaired) electrons. The standard InChI is InChI=1S/C16H21N3O6.ClH/c1-10(18-7-3-4-11(9-18)16(21)22)15(20)17-13-8-12(19(23)24)5-6-14(13)25-2;/h5-6,8,10-11H,3-4,7,9H2,1-2H3,(H,17,20)(H,21,22);1H. The van der Waals surface area contributed by atoms with E-state index < -0.39 is 22.9 Å². The molecule has 0 saturated carbocycles. The highest BCUT2D eigenvalue weighted by atomic mass is 35.5. The van der Waals surface area contributed by atoms with Gasteiger partial charge in [0, 0.05) is 18.7 Å². The summed E-state index contributed by atoms with van der Waals surface area (Å²) in [5.74, 6) is -1.41. The molecule has 1 amide bonds. The monoisotopic (exact) mass is 387 g/mol. The highest BCUT2D eigenvalue weighted by molar-refractivity contribution is 5.96. The zero-order valence-corrected chi connectivity index (χ0v) is 15.3. The van der Waals surface area contributed by atoms with Crippen molar-refractivity contribution >= 4 is 35.7 Å². The fourth-order valence-corrected chi connectivity index (χ4v) is 2.87. The first-order valence-corrected chi connectivity index (χ1v) is 7.93. The second-order valence-electron chi connectivity index (χ2n) is 5.98. The Kier molecular flexibility index (Phi) is 7.78. The van der Waals surface area contributed by atoms with Crippen LogP contribution in [0.1, 0.15) is 19.8 Å². The van der Waals surface area contributed by atoms with E-state index in [1.807, 2.05) is 0 Å². The number of carboxylic acids is 1. The van der Waals surface area contributed by atoms with Gasteiger partial charge < -0.3 is 15.2 Å². The van der Waals surface area contributed by atoms with Crippen molar-refractivity contribution in [3.63, 3.8) is 0 Å². The topological polar surface area (TPSA) is 122 Å². The number of carbonyl (C=O) groups is 2. The maximum absolute atomic E-state index is 12.5. The van der Waals surface area contributed by atoms with Crippen molar-refractivity contribution < 1.29 is 24.4 Å². The Morgan fingerprint density at radius 2 is 2.15 bits per heavy atom. The number of nitro benzene ring substituents is 1. The maximum atomic E-state index is 12.5. The molecular formula is C16H22ClN3O6. The van der Waals surface area contributed by atoms with Crippen LogP contribution >= 0.6 is 12.4 Å². The fourth-order valence-electron chi connectivity index (χ4n) is 2.87. The summed E-state index contributed by atoms with van der Waals surface area (Å²) in [6.45, 7) is 2.61. The molecule has 1 fully saturated rings. The van der Waals surface area contributed by atoms with Gasteiger partial charge in [-0.1, -0.05) is 0 Å². The van der Waals surface area contributed by atoms with Crippen molar-refractivity contribution in [3.8, 4) is 5.75 Å². The first kappa shape index (κ1) is 21.7. The lowest BCUT2D eigenvalue weighted by Crippen LogP contribution is -2.48. The van der Waals surface area contributed by atoms with Crippen molar-refractivity contribution in [2.75, 3.05) is 25.5 Å². The van der Waals surface area contributed by atoms with E-state index in [4.69, 9.17) is 9.84 Å². The molecule has 0 bridgehead atoms. The van der Waals surface area contributed by atoms with Gasteiger partial charge in [0.25, 0.3) is 5.69 Å². The van der Waals surface area contributed by atoms with Crippen molar-refractivity contribution in [2.45, 2.75) is 25.8 Å². The lowest BCUT2D eigenvalue weighted by molar-refractivity contribution is -0.384. The number of hydrogen-bond donors (Lipinski definition) is 2. The normalized spacial score (nSPS) is 18.3. The van der Waals surface area contributed by atoms with Crippen molar-refractivity contribution in [2.24, 2.45) is 5.92 Å². The molecule has 0 spiro atoms. The molecule has 9 nitrogen and oxygen atoms in total. The molecule has 1 aliphatic rings. The molecule has 2 unspecified atom stereocenters. The van der Waals surface area contributed by atoms with E-state index in [2.05, 4.69) is 5.32 Å². The molecule has 1 aromatic carbocycles. The highest BCUT2D eigenvalue weighted by Crippen LogP contribution is 2.29. The summed E-state index contributed by atoms with van der Waals surface area (Å²) in [6, 6.07) is 3.38. The number of nitrogens with one attached hydrogen (secondary N) is 1. The van der Waals surface area contributed by atoms with Gasteiger partial charge in [0.05, 0.1) is 29.7 Å². The minimum absolute atomic E-state index is 0. The Labute approximate surface area is 156 Å². The Hall–Kier alpha value is -2.39. The van der Waals surface area contributed by atoms with E-state index in [0.717, 1.165) is 0 Å². The number of amides is 1. The quantitative estimate of drug-likeness (QED) is 0.566. The predicted octanol–water partition coefficient (Wildman–Crippen LogP) is 2.15. The molecule has 10 heteroatoms. The van der Waals surface area contributed by atoms with Crippen LogP contribution in [0.25, 0.3) is 0 Å². The largest absolute Gasteiger partial charge is 0.495 e. The molecule has 2 rings (SSSR count). The van der Waals surface area contributed by atoms with Crippen LogP contribution in [-0.4, -0.2) is 53.0 Å². The maximum Gasteiger partial charge on any atom is 0.307 e. The Bertz CT molecular complexity index is 684. The molecule has 1 heterocycles. The van der Waals surface area contributed by atoms with Crippen LogP contribution in [0.5, 0.6) is 5.75 Å². The number of nitro groups is 1. The third-order valence-electron chi connectivity index (χ3n) is 4.38. The summed E-state index contributed by atoms with van der Waals surface area (Å²) in [6.07, 6.45) is 1.30. The Morgan fingerprint density at radius 3 is 2.73 bits per heavy atom. The number of anilines is 1. The van der Waals surface area contributed by atoms with Gasteiger partial charge in [-0.2, -0.15) is 0 Å². The highest BCUT2D eigenvalue weighted by Gasteiger charge is 2.31. The Balaban J connectivity index is 0.00000338. The summed E-state index contributed by atoms with van der Waals surface area (Å²) in [5, 5.41) is 22.7. The van der Waals surface area contributed by atoms with Gasteiger partial charge in [0.15, 0.2) is 0 Å². The minimum Gasteiger partial charge on any atom is -0.495 e. The first-order chi connectivity index (χ1) is 11.8. The molecular weight excluding hydrogens is 366 g/mol. The smallest absolute Gasteiger partial charge is 0.307 e. The number of methoxy groups -OCH3 is 1. The number of benzene rings is 1. The lowest BCUT2D eigenvalue weighted by atomic mass is 9.97. The van der Waals surface area contributed by atoms with Crippen LogP contribution in [0.15, 0.2) is 18.2 Å². The molecule has 1 aromatic rings. The van der Waals surface area contributed by atoms with Crippen LogP contribution in [0.3, 0.4) is 0 Å². The second kappa shape index (κ2) is 9.35. The number of hydrogen-bond acceptors (Lipinski definition) is 6. The van der Waals surface area contributed by atoms with E-state index in [0.29, 0.717) is 31.7 Å². The number of rotatable bonds is 6. The van der Waals surface area contributed by atoms with Crippen molar-refractivity contribution in [1.29, 1.82) is 0 Å². The second-order valence-corrected chi connectivity index (χ2v) is 5.98. The molecule has 144 valence electrons. The molecule has 0 aromatic heterocycles. The number of carboxylic acid groups (broad SMARTS) is 1. The summed E-state index contributed by atoms with van der Waals surface area (Å²) in [4.78, 5) is 35.8. The van der Waals surface area contributed by atoms with Crippen molar-refractivity contribution in [1.82, 2.24) is 4.90 Å². The lowest BCUT2D eigenvalue weighted by Gasteiger charge is -2.34. The first-order valence-electron chi connectivity index (χ1n) is 7.93. The average molecular weight is 388 g/mol. The molecule has 2 atom stereocenters. The minimum atomic E-state index is -0.863. The average Bonchev–Trinajstić information content (AvgIpc) is 2.60. The van der Waals surface area contributed by atoms with Gasteiger partial charge in [-0.05, 0) is 32.4 Å². The van der Waals surface area contributed by atoms with Crippen LogP contribution in [-0.2, 0) is 9.59 Å². The summed E-state index contributed by atoms with van der Waals surface area (Å²) < 4.78 is 5.13. The number of likely N-dealkylation sites (tertiary alicyclic amines) is 1. The fraction of sp³-hybridized carbons (Fsp3) is 0.500. The third kappa shape index (κ3) is 5.06. The summed E-state index contributed by atoms with van der Waals surface area (Å²) >= 11 is 0. The van der Waals surface area contributed by atoms with Crippen LogP contribution < -0.4 is 10.1 Å².